The molecule has 56 heavy (non-hydrogen) atoms. The zero-order chi connectivity index (χ0) is 41.1. The summed E-state index contributed by atoms with van der Waals surface area (Å²) in [6.45, 7) is 11.2. The Hall–Kier alpha value is 0.229. The van der Waals surface area contributed by atoms with Crippen LogP contribution in [0.25, 0.3) is 9.75 Å². The predicted octanol–water partition coefficient (Wildman–Crippen LogP) is 15.9. The molecule has 0 fully saturated rings. The molecule has 0 atom stereocenters. The topological polar surface area (TPSA) is 68.3 Å². The van der Waals surface area contributed by atoms with Crippen molar-refractivity contribution < 1.29 is 16.8 Å². The van der Waals surface area contributed by atoms with Gasteiger partial charge >= 0.3 is 191 Å². The maximum absolute atomic E-state index is 13.3. The summed E-state index contributed by atoms with van der Waals surface area (Å²) < 4.78 is 58.4. The smallest absolute Gasteiger partial charge is 0.179 e. The first kappa shape index (κ1) is 52.4. The minimum atomic E-state index is -3.15. The van der Waals surface area contributed by atoms with Crippen LogP contribution in [-0.2, 0) is 19.7 Å². The molecular formula is C44H71IO4S6Sn. The largest absolute Gasteiger partial charge is 0.224 e. The van der Waals surface area contributed by atoms with Crippen LogP contribution < -0.4 is 2.89 Å². The summed E-state index contributed by atoms with van der Waals surface area (Å²) in [4.78, 5) is 3.22. The second-order valence-electron chi connectivity index (χ2n) is 14.9. The van der Waals surface area contributed by atoms with Crippen LogP contribution in [0.4, 0.5) is 0 Å². The van der Waals surface area contributed by atoms with E-state index in [1.165, 1.54) is 114 Å². The molecule has 0 saturated heterocycles. The Morgan fingerprint density at radius 2 is 0.929 bits per heavy atom. The van der Waals surface area contributed by atoms with Gasteiger partial charge in [0.25, 0.3) is 0 Å². The summed E-state index contributed by atoms with van der Waals surface area (Å²) in [5.74, 6) is 0.619. The van der Waals surface area contributed by atoms with Gasteiger partial charge in [-0.1, -0.05) is 51.2 Å². The number of rotatable bonds is 27. The van der Waals surface area contributed by atoms with E-state index >= 15 is 0 Å². The molecule has 0 unspecified atom stereocenters. The third-order valence-electron chi connectivity index (χ3n) is 10.2. The molecule has 0 aliphatic rings. The summed E-state index contributed by atoms with van der Waals surface area (Å²) in [7, 11) is -6.28. The van der Waals surface area contributed by atoms with Crippen molar-refractivity contribution in [3.63, 3.8) is 0 Å². The van der Waals surface area contributed by atoms with Crippen LogP contribution in [0.1, 0.15) is 150 Å². The van der Waals surface area contributed by atoms with E-state index in [-0.39, 0.29) is 5.75 Å². The van der Waals surface area contributed by atoms with E-state index in [1.54, 1.807) is 40.1 Å². The van der Waals surface area contributed by atoms with E-state index in [0.29, 0.717) is 10.6 Å². The Morgan fingerprint density at radius 3 is 1.38 bits per heavy atom. The fraction of sp³-hybridized carbons (Fsp3) is 0.636. The van der Waals surface area contributed by atoms with Gasteiger partial charge in [0.15, 0.2) is 9.84 Å². The van der Waals surface area contributed by atoms with E-state index in [1.807, 2.05) is 35.0 Å². The molecule has 318 valence electrons. The molecule has 4 aromatic rings. The molecule has 0 amide bonds. The summed E-state index contributed by atoms with van der Waals surface area (Å²) >= 11 is 6.27. The number of unbranched alkanes of at least 4 members (excludes halogenated alkanes) is 13. The summed E-state index contributed by atoms with van der Waals surface area (Å²) in [6, 6.07) is 11.8. The van der Waals surface area contributed by atoms with Crippen LogP contribution in [0.5, 0.6) is 0 Å². The van der Waals surface area contributed by atoms with Crippen molar-refractivity contribution in [2.45, 2.75) is 173 Å². The van der Waals surface area contributed by atoms with Crippen LogP contribution >= 0.6 is 67.9 Å². The molecule has 0 aliphatic heterocycles. The minimum absolute atomic E-state index is 0.272. The molecule has 12 heteroatoms. The van der Waals surface area contributed by atoms with Gasteiger partial charge in [-0.2, -0.15) is 0 Å². The number of thiophene rings is 4. The quantitative estimate of drug-likeness (QED) is 0.0339. The fourth-order valence-corrected chi connectivity index (χ4v) is 36.8. The van der Waals surface area contributed by atoms with Crippen molar-refractivity contribution in [1.29, 1.82) is 0 Å². The Morgan fingerprint density at radius 1 is 0.482 bits per heavy atom. The molecule has 0 N–H and O–H groups in total. The second-order valence-corrected chi connectivity index (χ2v) is 38.7. The molecule has 0 saturated carbocycles. The first-order chi connectivity index (χ1) is 27.0. The molecule has 0 radical (unpaired) electrons. The number of hydrogen-bond donors (Lipinski definition) is 0. The normalized spacial score (nSPS) is 11.9. The van der Waals surface area contributed by atoms with Gasteiger partial charge in [-0.15, -0.1) is 34.0 Å². The van der Waals surface area contributed by atoms with Gasteiger partial charge in [-0.25, -0.2) is 8.42 Å². The molecule has 0 spiro atoms. The summed E-state index contributed by atoms with van der Waals surface area (Å²) in [6.07, 6.45) is 20.9. The van der Waals surface area contributed by atoms with Gasteiger partial charge in [0, 0.05) is 4.88 Å². The van der Waals surface area contributed by atoms with Gasteiger partial charge in [0.1, 0.15) is 0 Å². The SMILES string of the molecule is CCCCCCCCS(=O)(=O)c1ccs[c]1[Sn]([CH2]CCC)([CH2]CCC)[CH2]CCC.CCCCCCCCS(=O)(=O)c1ccsc1-c1cccs1.Ic1cccs1. The standard InChI is InChI=1S/C16H22O2S3.C12H19O2S2.C4H3IS.3C4H9.Sn/c1-2-3-4-5-6-7-13-21(17,18)15-10-12-20-16(15)14-9-8-11-19-14;1-2-3-4-5-6-7-10-16(13,14)12-8-9-15-11-12;5-4-2-1-3-6-4;3*1-3-4-2;/h8-12H,2-7,13H2,1H3;8-9H,2-7,10H2,1H3;1-3H;3*1,3-4H2,2H3;. The van der Waals surface area contributed by atoms with Crippen LogP contribution in [-0.4, -0.2) is 46.7 Å². The Balaban J connectivity index is 0.000000346. The molecule has 4 aromatic heterocycles. The van der Waals surface area contributed by atoms with Crippen LogP contribution in [0, 0.1) is 2.88 Å². The molecular weight excluding hydrogens is 1030 g/mol. The first-order valence-electron chi connectivity index (χ1n) is 21.4. The zero-order valence-electron chi connectivity index (χ0n) is 35.0. The maximum Gasteiger partial charge on any atom is 0.179 e. The molecule has 0 aromatic carbocycles. The average Bonchev–Trinajstić information content (AvgIpc) is 4.03. The summed E-state index contributed by atoms with van der Waals surface area (Å²) in [5.41, 5.74) is 0. The molecule has 4 nitrogen and oxygen atoms in total. The third-order valence-corrected chi connectivity index (χ3v) is 37.8. The van der Waals surface area contributed by atoms with Crippen molar-refractivity contribution >= 4 is 109 Å². The Labute approximate surface area is 377 Å². The van der Waals surface area contributed by atoms with Gasteiger partial charge in [0.2, 0.25) is 0 Å². The van der Waals surface area contributed by atoms with Crippen molar-refractivity contribution in [3.05, 3.63) is 60.8 Å². The summed E-state index contributed by atoms with van der Waals surface area (Å²) in [5, 5.41) is 8.02. The zero-order valence-corrected chi connectivity index (χ0v) is 44.9. The van der Waals surface area contributed by atoms with E-state index < -0.39 is 38.1 Å². The van der Waals surface area contributed by atoms with E-state index in [4.69, 9.17) is 0 Å². The number of hydrogen-bond acceptors (Lipinski definition) is 8. The molecule has 0 aliphatic carbocycles. The second kappa shape index (κ2) is 30.3. The number of sulfone groups is 2. The van der Waals surface area contributed by atoms with Crippen molar-refractivity contribution in [1.82, 2.24) is 0 Å². The van der Waals surface area contributed by atoms with Crippen molar-refractivity contribution in [2.75, 3.05) is 11.5 Å². The van der Waals surface area contributed by atoms with Gasteiger partial charge < -0.3 is 0 Å². The van der Waals surface area contributed by atoms with Gasteiger partial charge in [-0.3, -0.25) is 0 Å². The predicted molar refractivity (Wildman–Crippen MR) is 264 cm³/mol. The van der Waals surface area contributed by atoms with Crippen LogP contribution in [0.3, 0.4) is 0 Å². The first-order valence-corrected chi connectivity index (χ1v) is 36.7. The average molecular weight is 1100 g/mol. The van der Waals surface area contributed by atoms with E-state index in [9.17, 15) is 16.8 Å². The minimum Gasteiger partial charge on any atom is -0.224 e. The van der Waals surface area contributed by atoms with Crippen molar-refractivity contribution in [3.8, 4) is 9.75 Å². The number of halogens is 1. The third kappa shape index (κ3) is 19.3. The van der Waals surface area contributed by atoms with Gasteiger partial charge in [0.05, 0.1) is 18.4 Å². The monoisotopic (exact) mass is 1100 g/mol. The van der Waals surface area contributed by atoms with E-state index in [0.717, 1.165) is 46.8 Å². The van der Waals surface area contributed by atoms with Crippen molar-refractivity contribution in [2.24, 2.45) is 0 Å². The van der Waals surface area contributed by atoms with Crippen LogP contribution in [0.15, 0.2) is 67.7 Å². The Kier molecular flexibility index (Phi) is 28.3. The van der Waals surface area contributed by atoms with E-state index in [2.05, 4.69) is 74.0 Å². The molecule has 4 heterocycles. The van der Waals surface area contributed by atoms with Crippen LogP contribution in [0.2, 0.25) is 13.3 Å². The fourth-order valence-electron chi connectivity index (χ4n) is 6.94. The maximum atomic E-state index is 13.3. The molecule has 4 rings (SSSR count). The molecule has 0 bridgehead atoms. The Bertz CT molecular complexity index is 1720. The van der Waals surface area contributed by atoms with Gasteiger partial charge in [-0.05, 0) is 63.4 Å².